The van der Waals surface area contributed by atoms with Gasteiger partial charge >= 0.3 is 33.3 Å². The molecule has 3 unspecified atom stereocenters. The summed E-state index contributed by atoms with van der Waals surface area (Å²) in [6.07, 6.45) is 9.35. The van der Waals surface area contributed by atoms with Crippen molar-refractivity contribution in [3.8, 4) is 0 Å². The van der Waals surface area contributed by atoms with E-state index >= 15 is 0 Å². The summed E-state index contributed by atoms with van der Waals surface area (Å²) in [7, 11) is 9.59. The Hall–Kier alpha value is -1.27. The zero-order valence-electron chi connectivity index (χ0n) is 20.1. The number of hydrogen-bond donors (Lipinski definition) is 0. The molecule has 0 aliphatic heterocycles. The molecule has 0 spiro atoms. The average Bonchev–Trinajstić information content (AvgIpc) is 3.57. The third-order valence-corrected chi connectivity index (χ3v) is 6.48. The van der Waals surface area contributed by atoms with Gasteiger partial charge in [-0.25, -0.2) is 14.0 Å². The third-order valence-electron chi connectivity index (χ3n) is 6.48. The van der Waals surface area contributed by atoms with Gasteiger partial charge in [-0.1, -0.05) is 41.5 Å². The Balaban J connectivity index is 0.00000114. The molecule has 0 fully saturated rings. The molecular formula is C23H36Cl2MnN6. The van der Waals surface area contributed by atoms with E-state index in [1.807, 2.05) is 14.0 Å². The molecule has 3 atom stereocenters. The van der Waals surface area contributed by atoms with Crippen molar-refractivity contribution in [3.05, 3.63) is 53.9 Å². The Kier molecular flexibility index (Phi) is 10.3. The summed E-state index contributed by atoms with van der Waals surface area (Å²) in [4.78, 5) is 0. The van der Waals surface area contributed by atoms with Crippen LogP contribution in [0.1, 0.15) is 103 Å². The normalized spacial score (nSPS) is 16.0. The zero-order chi connectivity index (χ0) is 23.9. The van der Waals surface area contributed by atoms with Gasteiger partial charge in [0, 0.05) is 25.5 Å². The molecule has 6 nitrogen and oxygen atoms in total. The minimum atomic E-state index is -0.691. The van der Waals surface area contributed by atoms with Crippen LogP contribution in [-0.2, 0) is 18.9 Å². The predicted molar refractivity (Wildman–Crippen MR) is 129 cm³/mol. The molecule has 3 aromatic rings. The van der Waals surface area contributed by atoms with Gasteiger partial charge in [-0.2, -0.15) is 15.3 Å². The van der Waals surface area contributed by atoms with Crippen molar-refractivity contribution in [2.75, 3.05) is 0 Å². The Morgan fingerprint density at radius 1 is 0.719 bits per heavy atom. The summed E-state index contributed by atoms with van der Waals surface area (Å²) >= 11 is 0.00694. The van der Waals surface area contributed by atoms with E-state index in [2.05, 4.69) is 85.3 Å². The van der Waals surface area contributed by atoms with Crippen molar-refractivity contribution >= 4 is 20.2 Å². The van der Waals surface area contributed by atoms with E-state index in [0.717, 1.165) is 36.3 Å². The number of halogens is 2. The van der Waals surface area contributed by atoms with Crippen molar-refractivity contribution in [3.63, 3.8) is 0 Å². The molecule has 0 radical (unpaired) electrons. The Bertz CT molecular complexity index is 832. The van der Waals surface area contributed by atoms with Gasteiger partial charge in [0.05, 0.1) is 17.1 Å². The van der Waals surface area contributed by atoms with E-state index in [0.29, 0.717) is 17.8 Å². The Morgan fingerprint density at radius 2 is 0.969 bits per heavy atom. The quantitative estimate of drug-likeness (QED) is 0.287. The van der Waals surface area contributed by atoms with E-state index in [1.165, 1.54) is 0 Å². The number of nitrogens with zero attached hydrogens (tertiary/aromatic N) is 6. The van der Waals surface area contributed by atoms with Crippen molar-refractivity contribution < 1.29 is 13.1 Å². The van der Waals surface area contributed by atoms with Crippen molar-refractivity contribution in [2.45, 2.75) is 91.3 Å². The average molecular weight is 522 g/mol. The second-order valence-corrected chi connectivity index (χ2v) is 10.5. The SMILES string of the molecule is CCC(C)c1ccn(C(C)(n2ccc(C(C)CC)n2)n2ccc(C(C)CC)n2)n1.[Cl][Mn][Cl]. The van der Waals surface area contributed by atoms with Crippen molar-refractivity contribution in [1.82, 2.24) is 29.3 Å². The molecule has 0 amide bonds. The number of hydrogen-bond acceptors (Lipinski definition) is 3. The second kappa shape index (κ2) is 12.3. The monoisotopic (exact) mass is 521 g/mol. The van der Waals surface area contributed by atoms with Crippen LogP contribution in [0.15, 0.2) is 36.8 Å². The van der Waals surface area contributed by atoms with E-state index < -0.39 is 5.79 Å². The summed E-state index contributed by atoms with van der Waals surface area (Å²) in [5, 5.41) is 14.8. The Labute approximate surface area is 207 Å². The summed E-state index contributed by atoms with van der Waals surface area (Å²) in [5.74, 6) is 0.564. The minimum absolute atomic E-state index is 0.00694. The molecule has 0 aliphatic rings. The standard InChI is InChI=1S/C23H36N6.2ClH.Mn/c1-8-17(4)20-11-14-27(24-20)23(7,28-15-12-21(25-28)18(5)9-2)29-16-13-22(26-29)19(6)10-3;;;/h11-19H,8-10H2,1-7H3;2*1H;/q;;;+2/p-2. The van der Waals surface area contributed by atoms with Gasteiger partial charge in [0.2, 0.25) is 5.79 Å². The fourth-order valence-electron chi connectivity index (χ4n) is 3.45. The van der Waals surface area contributed by atoms with Crippen LogP contribution in [0, 0.1) is 0 Å². The fraction of sp³-hybridized carbons (Fsp3) is 0.609. The predicted octanol–water partition coefficient (Wildman–Crippen LogP) is 6.92. The van der Waals surface area contributed by atoms with Crippen LogP contribution >= 0.6 is 20.2 Å². The molecule has 3 heterocycles. The molecule has 0 saturated heterocycles. The molecule has 9 heteroatoms. The van der Waals surface area contributed by atoms with Crippen LogP contribution in [0.2, 0.25) is 0 Å². The molecule has 179 valence electrons. The second-order valence-electron chi connectivity index (χ2n) is 8.51. The van der Waals surface area contributed by atoms with Gasteiger partial charge in [-0.05, 0) is 55.2 Å². The van der Waals surface area contributed by atoms with Gasteiger partial charge < -0.3 is 0 Å². The summed E-state index contributed by atoms with van der Waals surface area (Å²) in [6, 6.07) is 6.35. The number of rotatable bonds is 9. The van der Waals surface area contributed by atoms with Gasteiger partial charge in [-0.3, -0.25) is 0 Å². The van der Waals surface area contributed by atoms with E-state index in [-0.39, 0.29) is 13.1 Å². The maximum absolute atomic E-state index is 4.95. The van der Waals surface area contributed by atoms with Crippen LogP contribution in [0.5, 0.6) is 0 Å². The van der Waals surface area contributed by atoms with Crippen LogP contribution < -0.4 is 0 Å². The summed E-state index contributed by atoms with van der Waals surface area (Å²) in [5.41, 5.74) is 3.30. The molecule has 3 rings (SSSR count). The van der Waals surface area contributed by atoms with Gasteiger partial charge in [0.15, 0.2) is 0 Å². The van der Waals surface area contributed by atoms with Gasteiger partial charge in [0.1, 0.15) is 0 Å². The number of aromatic nitrogens is 6. The molecule has 0 aliphatic carbocycles. The van der Waals surface area contributed by atoms with Crippen molar-refractivity contribution in [1.29, 1.82) is 0 Å². The van der Waals surface area contributed by atoms with Crippen LogP contribution in [0.25, 0.3) is 0 Å². The van der Waals surface area contributed by atoms with E-state index in [9.17, 15) is 0 Å². The first-order valence-corrected chi connectivity index (χ1v) is 14.6. The van der Waals surface area contributed by atoms with Crippen LogP contribution in [0.3, 0.4) is 0 Å². The molecule has 32 heavy (non-hydrogen) atoms. The molecule has 0 bridgehead atoms. The van der Waals surface area contributed by atoms with E-state index in [1.54, 1.807) is 0 Å². The molecule has 0 saturated carbocycles. The summed E-state index contributed by atoms with van der Waals surface area (Å²) in [6.45, 7) is 15.4. The van der Waals surface area contributed by atoms with Gasteiger partial charge in [0.25, 0.3) is 0 Å². The first kappa shape index (κ1) is 27.0. The third kappa shape index (κ3) is 5.80. The summed E-state index contributed by atoms with van der Waals surface area (Å²) < 4.78 is 5.99. The molecular weight excluding hydrogens is 486 g/mol. The maximum atomic E-state index is 4.95. The first-order chi connectivity index (χ1) is 15.3. The topological polar surface area (TPSA) is 53.5 Å². The molecule has 0 N–H and O–H groups in total. The van der Waals surface area contributed by atoms with E-state index in [4.69, 9.17) is 35.5 Å². The van der Waals surface area contributed by atoms with Gasteiger partial charge in [-0.15, -0.1) is 0 Å². The molecule has 0 aromatic carbocycles. The zero-order valence-corrected chi connectivity index (χ0v) is 22.8. The first-order valence-electron chi connectivity index (χ1n) is 11.3. The van der Waals surface area contributed by atoms with Crippen LogP contribution in [-0.4, -0.2) is 29.3 Å². The molecule has 3 aromatic heterocycles. The van der Waals surface area contributed by atoms with Crippen molar-refractivity contribution in [2.24, 2.45) is 0 Å². The van der Waals surface area contributed by atoms with Crippen LogP contribution in [0.4, 0.5) is 0 Å². The fourth-order valence-corrected chi connectivity index (χ4v) is 3.45. The Morgan fingerprint density at radius 3 is 1.19 bits per heavy atom.